The fourth-order valence-electron chi connectivity index (χ4n) is 2.80. The van der Waals surface area contributed by atoms with Crippen LogP contribution in [0.1, 0.15) is 51.9 Å². The average Bonchev–Trinajstić information content (AvgIpc) is 2.73. The molecule has 0 radical (unpaired) electrons. The number of hydrogen-bond donors (Lipinski definition) is 1. The van der Waals surface area contributed by atoms with E-state index < -0.39 is 0 Å². The van der Waals surface area contributed by atoms with E-state index in [-0.39, 0.29) is 10.6 Å². The lowest BCUT2D eigenvalue weighted by molar-refractivity contribution is -0.385. The molecular weight excluding hydrogens is 268 g/mol. The summed E-state index contributed by atoms with van der Waals surface area (Å²) < 4.78 is 5.52. The summed E-state index contributed by atoms with van der Waals surface area (Å²) in [6.45, 7) is 2.48. The summed E-state index contributed by atoms with van der Waals surface area (Å²) in [6.07, 6.45) is 7.90. The van der Waals surface area contributed by atoms with Gasteiger partial charge in [0.1, 0.15) is 5.69 Å². The fourth-order valence-corrected chi connectivity index (χ4v) is 2.80. The van der Waals surface area contributed by atoms with E-state index in [0.29, 0.717) is 24.1 Å². The summed E-state index contributed by atoms with van der Waals surface area (Å²) in [5.41, 5.74) is 0.649. The van der Waals surface area contributed by atoms with Crippen molar-refractivity contribution >= 4 is 11.4 Å². The van der Waals surface area contributed by atoms with Gasteiger partial charge in [-0.1, -0.05) is 38.7 Å². The highest BCUT2D eigenvalue weighted by Crippen LogP contribution is 2.36. The second-order valence-corrected chi connectivity index (χ2v) is 5.59. The van der Waals surface area contributed by atoms with Crippen LogP contribution in [0.15, 0.2) is 18.2 Å². The van der Waals surface area contributed by atoms with Crippen LogP contribution in [0.2, 0.25) is 0 Å². The monoisotopic (exact) mass is 292 g/mol. The Kier molecular flexibility index (Phi) is 5.84. The molecule has 0 bridgehead atoms. The van der Waals surface area contributed by atoms with E-state index in [1.54, 1.807) is 12.1 Å². The molecule has 0 amide bonds. The topological polar surface area (TPSA) is 64.4 Å². The third-order valence-electron chi connectivity index (χ3n) is 3.86. The van der Waals surface area contributed by atoms with Crippen LogP contribution in [0.4, 0.5) is 11.4 Å². The molecule has 1 N–H and O–H groups in total. The predicted octanol–water partition coefficient (Wildman–Crippen LogP) is 4.52. The molecule has 1 aromatic rings. The molecule has 116 valence electrons. The molecule has 0 aromatic heterocycles. The number of benzene rings is 1. The second kappa shape index (κ2) is 7.86. The van der Waals surface area contributed by atoms with Crippen LogP contribution in [-0.4, -0.2) is 17.6 Å². The summed E-state index contributed by atoms with van der Waals surface area (Å²) in [5, 5.41) is 14.8. The molecule has 1 aliphatic rings. The largest absolute Gasteiger partial charge is 0.487 e. The Morgan fingerprint density at radius 2 is 2.00 bits per heavy atom. The zero-order valence-corrected chi connectivity index (χ0v) is 12.6. The van der Waals surface area contributed by atoms with Crippen molar-refractivity contribution in [3.63, 3.8) is 0 Å². The van der Waals surface area contributed by atoms with Crippen molar-refractivity contribution < 1.29 is 9.66 Å². The SMILES string of the molecule is CCCOc1cccc(NC2CCCCCC2)c1[N+](=O)[O-]. The van der Waals surface area contributed by atoms with Crippen molar-refractivity contribution in [1.29, 1.82) is 0 Å². The van der Waals surface area contributed by atoms with Crippen molar-refractivity contribution in [1.82, 2.24) is 0 Å². The normalized spacial score (nSPS) is 16.2. The number of nitrogens with zero attached hydrogens (tertiary/aromatic N) is 1. The van der Waals surface area contributed by atoms with Crippen molar-refractivity contribution in [3.05, 3.63) is 28.3 Å². The first-order valence-electron chi connectivity index (χ1n) is 7.89. The van der Waals surface area contributed by atoms with Gasteiger partial charge in [0.05, 0.1) is 11.5 Å². The van der Waals surface area contributed by atoms with Crippen LogP contribution in [0.5, 0.6) is 5.75 Å². The number of nitro benzene ring substituents is 1. The Hall–Kier alpha value is -1.78. The minimum atomic E-state index is -0.343. The fraction of sp³-hybridized carbons (Fsp3) is 0.625. The maximum absolute atomic E-state index is 11.4. The molecule has 1 saturated carbocycles. The molecule has 0 unspecified atom stereocenters. The molecule has 1 aliphatic carbocycles. The maximum Gasteiger partial charge on any atom is 0.333 e. The Morgan fingerprint density at radius 3 is 2.62 bits per heavy atom. The molecule has 1 aromatic carbocycles. The zero-order valence-electron chi connectivity index (χ0n) is 12.6. The van der Waals surface area contributed by atoms with Crippen LogP contribution >= 0.6 is 0 Å². The molecule has 2 rings (SSSR count). The van der Waals surface area contributed by atoms with Crippen LogP contribution in [-0.2, 0) is 0 Å². The quantitative estimate of drug-likeness (QED) is 0.475. The molecule has 0 heterocycles. The van der Waals surface area contributed by atoms with E-state index in [4.69, 9.17) is 4.74 Å². The average molecular weight is 292 g/mol. The van der Waals surface area contributed by atoms with Gasteiger partial charge in [-0.3, -0.25) is 10.1 Å². The third kappa shape index (κ3) is 4.34. The van der Waals surface area contributed by atoms with Gasteiger partial charge in [-0.2, -0.15) is 0 Å². The smallest absolute Gasteiger partial charge is 0.333 e. The number of para-hydroxylation sites is 1. The number of nitrogens with one attached hydrogen (secondary N) is 1. The van der Waals surface area contributed by atoms with Crippen molar-refractivity contribution in [3.8, 4) is 5.75 Å². The van der Waals surface area contributed by atoms with Crippen LogP contribution in [0, 0.1) is 10.1 Å². The Morgan fingerprint density at radius 1 is 1.29 bits per heavy atom. The van der Waals surface area contributed by atoms with Gasteiger partial charge in [0.15, 0.2) is 5.75 Å². The summed E-state index contributed by atoms with van der Waals surface area (Å²) in [5.74, 6) is 0.362. The molecule has 0 atom stereocenters. The molecule has 5 nitrogen and oxygen atoms in total. The highest BCUT2D eigenvalue weighted by Gasteiger charge is 2.23. The van der Waals surface area contributed by atoms with Gasteiger partial charge in [0.2, 0.25) is 0 Å². The first kappa shape index (κ1) is 15.6. The maximum atomic E-state index is 11.4. The second-order valence-electron chi connectivity index (χ2n) is 5.59. The molecule has 0 spiro atoms. The van der Waals surface area contributed by atoms with Gasteiger partial charge in [-0.25, -0.2) is 0 Å². The van der Waals surface area contributed by atoms with Crippen molar-refractivity contribution in [2.75, 3.05) is 11.9 Å². The minimum absolute atomic E-state index is 0.0650. The van der Waals surface area contributed by atoms with Gasteiger partial charge in [-0.05, 0) is 31.4 Å². The van der Waals surface area contributed by atoms with Gasteiger partial charge >= 0.3 is 5.69 Å². The van der Waals surface area contributed by atoms with E-state index in [1.807, 2.05) is 13.0 Å². The molecule has 1 fully saturated rings. The van der Waals surface area contributed by atoms with Gasteiger partial charge in [0.25, 0.3) is 0 Å². The lowest BCUT2D eigenvalue weighted by atomic mass is 10.1. The zero-order chi connectivity index (χ0) is 15.1. The van der Waals surface area contributed by atoms with Crippen molar-refractivity contribution in [2.45, 2.75) is 57.9 Å². The molecule has 21 heavy (non-hydrogen) atoms. The number of ether oxygens (including phenoxy) is 1. The highest BCUT2D eigenvalue weighted by molar-refractivity contribution is 5.68. The number of rotatable bonds is 6. The first-order valence-corrected chi connectivity index (χ1v) is 7.89. The van der Waals surface area contributed by atoms with Crippen LogP contribution < -0.4 is 10.1 Å². The standard InChI is InChI=1S/C16H24N2O3/c1-2-12-21-15-11-7-10-14(16(15)18(19)20)17-13-8-5-3-4-6-9-13/h7,10-11,13,17H,2-6,8-9,12H2,1H3. The van der Waals surface area contributed by atoms with E-state index in [1.165, 1.54) is 25.7 Å². The van der Waals surface area contributed by atoms with Crippen molar-refractivity contribution in [2.24, 2.45) is 0 Å². The number of anilines is 1. The molecule has 0 saturated heterocycles. The molecular formula is C16H24N2O3. The lowest BCUT2D eigenvalue weighted by Gasteiger charge is -2.18. The van der Waals surface area contributed by atoms with E-state index in [0.717, 1.165) is 19.3 Å². The van der Waals surface area contributed by atoms with E-state index in [2.05, 4.69) is 5.32 Å². The van der Waals surface area contributed by atoms with Crippen LogP contribution in [0.3, 0.4) is 0 Å². The first-order chi connectivity index (χ1) is 10.2. The predicted molar refractivity (Wildman–Crippen MR) is 84.0 cm³/mol. The molecule has 0 aliphatic heterocycles. The third-order valence-corrected chi connectivity index (χ3v) is 3.86. The van der Waals surface area contributed by atoms with E-state index >= 15 is 0 Å². The lowest BCUT2D eigenvalue weighted by Crippen LogP contribution is -2.19. The van der Waals surface area contributed by atoms with Gasteiger partial charge < -0.3 is 10.1 Å². The van der Waals surface area contributed by atoms with Gasteiger partial charge in [0, 0.05) is 6.04 Å². The molecule has 5 heteroatoms. The number of nitro groups is 1. The Bertz CT molecular complexity index is 469. The number of hydrogen-bond acceptors (Lipinski definition) is 4. The Balaban J connectivity index is 2.18. The van der Waals surface area contributed by atoms with Crippen LogP contribution in [0.25, 0.3) is 0 Å². The summed E-state index contributed by atoms with van der Waals surface area (Å²) in [4.78, 5) is 11.1. The van der Waals surface area contributed by atoms with E-state index in [9.17, 15) is 10.1 Å². The van der Waals surface area contributed by atoms with Gasteiger partial charge in [-0.15, -0.1) is 0 Å². The minimum Gasteiger partial charge on any atom is -0.487 e. The summed E-state index contributed by atoms with van der Waals surface area (Å²) >= 11 is 0. The summed E-state index contributed by atoms with van der Waals surface area (Å²) in [6, 6.07) is 5.60. The highest BCUT2D eigenvalue weighted by atomic mass is 16.6. The summed E-state index contributed by atoms with van der Waals surface area (Å²) in [7, 11) is 0. The Labute approximate surface area is 125 Å².